The topological polar surface area (TPSA) is 63.2 Å². The average Bonchev–Trinajstić information content (AvgIpc) is 3.00. The third-order valence-electron chi connectivity index (χ3n) is 3.34. The Morgan fingerprint density at radius 2 is 2.12 bits per heavy atom. The highest BCUT2D eigenvalue weighted by atomic mass is 32.1. The molecule has 0 bridgehead atoms. The van der Waals surface area contributed by atoms with E-state index in [4.69, 9.17) is 17.0 Å². The van der Waals surface area contributed by atoms with Gasteiger partial charge in [-0.15, -0.1) is 11.3 Å². The van der Waals surface area contributed by atoms with E-state index in [9.17, 15) is 4.79 Å². The number of benzene rings is 1. The van der Waals surface area contributed by atoms with Crippen molar-refractivity contribution >= 4 is 39.8 Å². The number of rotatable bonds is 7. The molecule has 24 heavy (non-hydrogen) atoms. The van der Waals surface area contributed by atoms with Crippen LogP contribution in [0.25, 0.3) is 0 Å². The summed E-state index contributed by atoms with van der Waals surface area (Å²) in [7, 11) is 0. The number of aromatic nitrogens is 1. The molecule has 0 aliphatic carbocycles. The third-order valence-corrected chi connectivity index (χ3v) is 4.39. The molecule has 0 saturated carbocycles. The van der Waals surface area contributed by atoms with E-state index in [-0.39, 0.29) is 12.4 Å². The van der Waals surface area contributed by atoms with Crippen LogP contribution < -0.4 is 10.6 Å². The van der Waals surface area contributed by atoms with Gasteiger partial charge < -0.3 is 15.4 Å². The van der Waals surface area contributed by atoms with Crippen LogP contribution in [0.3, 0.4) is 0 Å². The van der Waals surface area contributed by atoms with Gasteiger partial charge in [-0.1, -0.05) is 37.3 Å². The maximum absolute atomic E-state index is 11.4. The number of thiazole rings is 1. The Morgan fingerprint density at radius 1 is 1.38 bits per heavy atom. The first-order chi connectivity index (χ1) is 11.6. The first-order valence-electron chi connectivity index (χ1n) is 7.78. The number of esters is 1. The number of carbonyl (C=O) groups is 1. The molecular formula is C17H21N3O2S2. The fraction of sp³-hybridized carbons (Fsp3) is 0.353. The summed E-state index contributed by atoms with van der Waals surface area (Å²) in [6, 6.07) is 10.3. The van der Waals surface area contributed by atoms with Crippen LogP contribution in [0.15, 0.2) is 35.7 Å². The van der Waals surface area contributed by atoms with Gasteiger partial charge in [-0.25, -0.2) is 4.98 Å². The van der Waals surface area contributed by atoms with Crippen LogP contribution in [0.5, 0.6) is 0 Å². The predicted molar refractivity (Wildman–Crippen MR) is 102 cm³/mol. The number of hydrogen-bond acceptors (Lipinski definition) is 5. The maximum atomic E-state index is 11.4. The summed E-state index contributed by atoms with van der Waals surface area (Å²) in [5, 5.41) is 9.26. The van der Waals surface area contributed by atoms with Crippen molar-refractivity contribution in [2.24, 2.45) is 0 Å². The summed E-state index contributed by atoms with van der Waals surface area (Å²) in [4.78, 5) is 15.8. The molecule has 1 atom stereocenters. The van der Waals surface area contributed by atoms with Gasteiger partial charge in [-0.3, -0.25) is 4.79 Å². The third kappa shape index (κ3) is 5.90. The van der Waals surface area contributed by atoms with Gasteiger partial charge in [0.25, 0.3) is 0 Å². The molecule has 0 aliphatic rings. The Bertz CT molecular complexity index is 673. The highest BCUT2D eigenvalue weighted by Gasteiger charge is 2.10. The lowest BCUT2D eigenvalue weighted by atomic mass is 10.0. The second kappa shape index (κ2) is 9.34. The first kappa shape index (κ1) is 18.4. The summed E-state index contributed by atoms with van der Waals surface area (Å²) in [5.41, 5.74) is 1.94. The molecule has 2 rings (SSSR count). The molecule has 2 N–H and O–H groups in total. The van der Waals surface area contributed by atoms with E-state index in [1.807, 2.05) is 23.6 Å². The molecule has 0 amide bonds. The summed E-state index contributed by atoms with van der Waals surface area (Å²) in [5.74, 6) is 0.0772. The largest absolute Gasteiger partial charge is 0.466 e. The SMILES string of the molecule is CCOC(=O)Cc1csc(NC(=S)NC[C@H](C)c2ccccc2)n1. The fourth-order valence-electron chi connectivity index (χ4n) is 2.09. The number of anilines is 1. The lowest BCUT2D eigenvalue weighted by molar-refractivity contribution is -0.142. The number of carbonyl (C=O) groups excluding carboxylic acids is 1. The lowest BCUT2D eigenvalue weighted by Crippen LogP contribution is -2.31. The zero-order valence-corrected chi connectivity index (χ0v) is 15.4. The maximum Gasteiger partial charge on any atom is 0.311 e. The van der Waals surface area contributed by atoms with Gasteiger partial charge in [-0.05, 0) is 30.6 Å². The van der Waals surface area contributed by atoms with Crippen LogP contribution in [0, 0.1) is 0 Å². The van der Waals surface area contributed by atoms with Crippen LogP contribution in [0.2, 0.25) is 0 Å². The molecule has 0 fully saturated rings. The van der Waals surface area contributed by atoms with Crippen molar-refractivity contribution in [1.82, 2.24) is 10.3 Å². The van der Waals surface area contributed by atoms with E-state index in [0.717, 1.165) is 6.54 Å². The molecule has 1 heterocycles. The van der Waals surface area contributed by atoms with Crippen LogP contribution in [-0.4, -0.2) is 29.2 Å². The molecule has 0 unspecified atom stereocenters. The van der Waals surface area contributed by atoms with Gasteiger partial charge in [0.05, 0.1) is 18.7 Å². The average molecular weight is 364 g/mol. The minimum Gasteiger partial charge on any atom is -0.466 e. The second-order valence-corrected chi connectivity index (χ2v) is 6.54. The molecule has 1 aromatic carbocycles. The van der Waals surface area contributed by atoms with E-state index in [0.29, 0.717) is 28.5 Å². The van der Waals surface area contributed by atoms with E-state index in [2.05, 4.69) is 34.7 Å². The van der Waals surface area contributed by atoms with E-state index >= 15 is 0 Å². The summed E-state index contributed by atoms with van der Waals surface area (Å²) in [6.45, 7) is 5.04. The van der Waals surface area contributed by atoms with Gasteiger partial charge >= 0.3 is 5.97 Å². The van der Waals surface area contributed by atoms with Gasteiger partial charge in [0.1, 0.15) is 0 Å². The molecule has 1 aromatic heterocycles. The zero-order chi connectivity index (χ0) is 17.4. The van der Waals surface area contributed by atoms with E-state index < -0.39 is 0 Å². The van der Waals surface area contributed by atoms with Crippen LogP contribution in [0.1, 0.15) is 31.0 Å². The molecule has 2 aromatic rings. The number of thiocarbonyl (C=S) groups is 1. The Labute approximate surface area is 151 Å². The number of nitrogens with one attached hydrogen (secondary N) is 2. The zero-order valence-electron chi connectivity index (χ0n) is 13.7. The van der Waals surface area contributed by atoms with E-state index in [1.54, 1.807) is 6.92 Å². The minimum atomic E-state index is -0.272. The highest BCUT2D eigenvalue weighted by Crippen LogP contribution is 2.16. The van der Waals surface area contributed by atoms with Crippen molar-refractivity contribution in [3.63, 3.8) is 0 Å². The Morgan fingerprint density at radius 3 is 2.83 bits per heavy atom. The summed E-state index contributed by atoms with van der Waals surface area (Å²) >= 11 is 6.71. The van der Waals surface area contributed by atoms with Crippen molar-refractivity contribution in [1.29, 1.82) is 0 Å². The molecular weight excluding hydrogens is 342 g/mol. The normalized spacial score (nSPS) is 11.6. The smallest absolute Gasteiger partial charge is 0.311 e. The van der Waals surface area contributed by atoms with E-state index in [1.165, 1.54) is 16.9 Å². The van der Waals surface area contributed by atoms with Gasteiger partial charge in [0.2, 0.25) is 0 Å². The Balaban J connectivity index is 1.78. The fourth-order valence-corrected chi connectivity index (χ4v) is 3.05. The first-order valence-corrected chi connectivity index (χ1v) is 9.07. The molecule has 0 aliphatic heterocycles. The number of ether oxygens (including phenoxy) is 1. The van der Waals surface area contributed by atoms with Crippen molar-refractivity contribution in [3.8, 4) is 0 Å². The van der Waals surface area contributed by atoms with Gasteiger partial charge in [0.15, 0.2) is 10.2 Å². The molecule has 5 nitrogen and oxygen atoms in total. The monoisotopic (exact) mass is 363 g/mol. The Hall–Kier alpha value is -1.99. The number of hydrogen-bond donors (Lipinski definition) is 2. The van der Waals surface area contributed by atoms with Crippen molar-refractivity contribution in [2.45, 2.75) is 26.2 Å². The van der Waals surface area contributed by atoms with Gasteiger partial charge in [-0.2, -0.15) is 0 Å². The summed E-state index contributed by atoms with van der Waals surface area (Å²) in [6.07, 6.45) is 0.178. The molecule has 0 radical (unpaired) electrons. The van der Waals surface area contributed by atoms with Gasteiger partial charge in [0, 0.05) is 11.9 Å². The standard InChI is InChI=1S/C17H21N3O2S2/c1-3-22-15(21)9-14-11-24-17(19-14)20-16(23)18-10-12(2)13-7-5-4-6-8-13/h4-8,11-12H,3,9-10H2,1-2H3,(H2,18,19,20,23)/t12-/m0/s1. The Kier molecular flexibility index (Phi) is 7.14. The molecule has 0 spiro atoms. The molecule has 7 heteroatoms. The molecule has 0 saturated heterocycles. The number of nitrogens with zero attached hydrogens (tertiary/aromatic N) is 1. The van der Waals surface area contributed by atoms with Crippen molar-refractivity contribution in [2.75, 3.05) is 18.5 Å². The molecule has 128 valence electrons. The predicted octanol–water partition coefficient (Wildman–Crippen LogP) is 3.34. The lowest BCUT2D eigenvalue weighted by Gasteiger charge is -2.14. The van der Waals surface area contributed by atoms with Crippen LogP contribution >= 0.6 is 23.6 Å². The minimum absolute atomic E-state index is 0.178. The second-order valence-electron chi connectivity index (χ2n) is 5.27. The highest BCUT2D eigenvalue weighted by molar-refractivity contribution is 7.80. The van der Waals surface area contributed by atoms with Crippen molar-refractivity contribution in [3.05, 3.63) is 47.0 Å². The van der Waals surface area contributed by atoms with Crippen LogP contribution in [-0.2, 0) is 16.0 Å². The van der Waals surface area contributed by atoms with Crippen LogP contribution in [0.4, 0.5) is 5.13 Å². The summed E-state index contributed by atoms with van der Waals surface area (Å²) < 4.78 is 4.91. The quantitative estimate of drug-likeness (QED) is 0.581. The van der Waals surface area contributed by atoms with Crippen molar-refractivity contribution < 1.29 is 9.53 Å².